The normalized spacial score (nSPS) is 17.4. The number of fused-ring (bicyclic) bond motifs is 1. The molecule has 0 saturated carbocycles. The van der Waals surface area contributed by atoms with Gasteiger partial charge in [0.15, 0.2) is 0 Å². The standard InChI is InChI=1S/C17H24SSi/c1-13-11-16-15(17(2,3)8-9-18-16)12-14(13)7-10-19(4,5)6/h11-12H,8-9H2,1-6H3. The molecule has 1 aromatic rings. The van der Waals surface area contributed by atoms with Gasteiger partial charge in [0, 0.05) is 10.5 Å². The molecule has 0 amide bonds. The Kier molecular flexibility index (Phi) is 3.91. The summed E-state index contributed by atoms with van der Waals surface area (Å²) in [6.45, 7) is 13.8. The van der Waals surface area contributed by atoms with E-state index in [9.17, 15) is 0 Å². The molecule has 0 radical (unpaired) electrons. The Balaban J connectivity index is 2.50. The minimum Gasteiger partial charge on any atom is -0.127 e. The Hall–Kier alpha value is -0.653. The minimum atomic E-state index is -1.30. The van der Waals surface area contributed by atoms with Gasteiger partial charge in [0.05, 0.1) is 0 Å². The molecule has 2 rings (SSSR count). The zero-order chi connectivity index (χ0) is 14.3. The molecule has 0 spiro atoms. The molecule has 102 valence electrons. The first kappa shape index (κ1) is 14.7. The highest BCUT2D eigenvalue weighted by Crippen LogP contribution is 2.42. The quantitative estimate of drug-likeness (QED) is 0.478. The molecule has 0 N–H and O–H groups in total. The highest BCUT2D eigenvalue weighted by Gasteiger charge is 2.28. The molecule has 0 unspecified atom stereocenters. The topological polar surface area (TPSA) is 0 Å². The number of rotatable bonds is 0. The van der Waals surface area contributed by atoms with Crippen LogP contribution in [0.3, 0.4) is 0 Å². The summed E-state index contributed by atoms with van der Waals surface area (Å²) in [4.78, 5) is 1.47. The minimum absolute atomic E-state index is 0.296. The van der Waals surface area contributed by atoms with Gasteiger partial charge in [0.2, 0.25) is 0 Å². The monoisotopic (exact) mass is 288 g/mol. The summed E-state index contributed by atoms with van der Waals surface area (Å²) in [5, 5.41) is 0. The first-order valence-electron chi connectivity index (χ1n) is 7.00. The van der Waals surface area contributed by atoms with Gasteiger partial charge in [0.25, 0.3) is 0 Å². The van der Waals surface area contributed by atoms with Gasteiger partial charge in [-0.25, -0.2) is 0 Å². The van der Waals surface area contributed by atoms with Crippen molar-refractivity contribution in [1.29, 1.82) is 0 Å². The summed E-state index contributed by atoms with van der Waals surface area (Å²) in [5.41, 5.74) is 7.85. The molecule has 1 aliphatic rings. The molecule has 1 aliphatic heterocycles. The highest BCUT2D eigenvalue weighted by molar-refractivity contribution is 7.99. The van der Waals surface area contributed by atoms with E-state index in [0.717, 1.165) is 0 Å². The Morgan fingerprint density at radius 3 is 2.53 bits per heavy atom. The lowest BCUT2D eigenvalue weighted by molar-refractivity contribution is 0.493. The molecule has 19 heavy (non-hydrogen) atoms. The molecule has 1 heterocycles. The van der Waals surface area contributed by atoms with E-state index in [1.165, 1.54) is 33.8 Å². The van der Waals surface area contributed by atoms with Crippen LogP contribution in [0.15, 0.2) is 17.0 Å². The Morgan fingerprint density at radius 2 is 1.89 bits per heavy atom. The van der Waals surface area contributed by atoms with E-state index in [1.807, 2.05) is 11.8 Å². The van der Waals surface area contributed by atoms with E-state index in [-0.39, 0.29) is 0 Å². The molecule has 2 heteroatoms. The predicted molar refractivity (Wildman–Crippen MR) is 89.8 cm³/mol. The van der Waals surface area contributed by atoms with Gasteiger partial charge in [-0.05, 0) is 47.8 Å². The fourth-order valence-electron chi connectivity index (χ4n) is 2.27. The van der Waals surface area contributed by atoms with Gasteiger partial charge >= 0.3 is 0 Å². The van der Waals surface area contributed by atoms with Crippen molar-refractivity contribution in [2.45, 2.75) is 57.1 Å². The number of hydrogen-bond donors (Lipinski definition) is 0. The van der Waals surface area contributed by atoms with E-state index in [0.29, 0.717) is 5.41 Å². The Morgan fingerprint density at radius 1 is 1.21 bits per heavy atom. The SMILES string of the molecule is Cc1cc2c(cc1C#C[Si](C)(C)C)C(C)(C)CCS2. The predicted octanol–water partition coefficient (Wildman–Crippen LogP) is 5.00. The van der Waals surface area contributed by atoms with Crippen molar-refractivity contribution in [3.63, 3.8) is 0 Å². The van der Waals surface area contributed by atoms with E-state index >= 15 is 0 Å². The largest absolute Gasteiger partial charge is 0.129 e. The van der Waals surface area contributed by atoms with Gasteiger partial charge in [-0.3, -0.25) is 0 Å². The van der Waals surface area contributed by atoms with E-state index in [4.69, 9.17) is 0 Å². The van der Waals surface area contributed by atoms with Crippen LogP contribution in [0.2, 0.25) is 19.6 Å². The number of hydrogen-bond acceptors (Lipinski definition) is 1. The molecule has 0 atom stereocenters. The molecule has 0 aromatic heterocycles. The van der Waals surface area contributed by atoms with Gasteiger partial charge in [-0.1, -0.05) is 39.4 Å². The third-order valence-corrected chi connectivity index (χ3v) is 5.54. The van der Waals surface area contributed by atoms with Crippen LogP contribution >= 0.6 is 11.8 Å². The summed E-state index contributed by atoms with van der Waals surface area (Å²) >= 11 is 2.00. The third-order valence-electron chi connectivity index (χ3n) is 3.61. The zero-order valence-electron chi connectivity index (χ0n) is 13.0. The number of thioether (sulfide) groups is 1. The summed E-state index contributed by atoms with van der Waals surface area (Å²) in [6, 6.07) is 4.69. The summed E-state index contributed by atoms with van der Waals surface area (Å²) in [6.07, 6.45) is 1.26. The third kappa shape index (κ3) is 3.46. The number of benzene rings is 1. The fraction of sp³-hybridized carbons (Fsp3) is 0.529. The van der Waals surface area contributed by atoms with E-state index in [2.05, 4.69) is 64.0 Å². The van der Waals surface area contributed by atoms with Crippen LogP contribution in [-0.2, 0) is 5.41 Å². The molecular weight excluding hydrogens is 264 g/mol. The first-order chi connectivity index (χ1) is 8.69. The van der Waals surface area contributed by atoms with Crippen LogP contribution in [-0.4, -0.2) is 13.8 Å². The van der Waals surface area contributed by atoms with Gasteiger partial charge in [-0.15, -0.1) is 17.3 Å². The van der Waals surface area contributed by atoms with Crippen molar-refractivity contribution in [2.24, 2.45) is 0 Å². The second-order valence-corrected chi connectivity index (χ2v) is 13.0. The van der Waals surface area contributed by atoms with E-state index < -0.39 is 8.07 Å². The van der Waals surface area contributed by atoms with Crippen molar-refractivity contribution in [3.05, 3.63) is 28.8 Å². The maximum atomic E-state index is 3.50. The second-order valence-electron chi connectivity index (χ2n) is 7.15. The summed E-state index contributed by atoms with van der Waals surface area (Å²) < 4.78 is 0. The zero-order valence-corrected chi connectivity index (χ0v) is 14.8. The lowest BCUT2D eigenvalue weighted by Gasteiger charge is -2.32. The molecule has 0 nitrogen and oxygen atoms in total. The molecule has 0 aliphatic carbocycles. The maximum absolute atomic E-state index is 3.50. The van der Waals surface area contributed by atoms with Crippen molar-refractivity contribution in [1.82, 2.24) is 0 Å². The van der Waals surface area contributed by atoms with Crippen molar-refractivity contribution < 1.29 is 0 Å². The molecular formula is C17H24SSi. The lowest BCUT2D eigenvalue weighted by atomic mass is 9.80. The number of aryl methyl sites for hydroxylation is 1. The molecule has 0 saturated heterocycles. The van der Waals surface area contributed by atoms with Gasteiger partial charge in [-0.2, -0.15) is 0 Å². The van der Waals surface area contributed by atoms with Crippen LogP contribution < -0.4 is 0 Å². The van der Waals surface area contributed by atoms with Gasteiger partial charge in [0.1, 0.15) is 8.07 Å². The Labute approximate surface area is 123 Å². The van der Waals surface area contributed by atoms with Crippen LogP contribution in [0.25, 0.3) is 0 Å². The maximum Gasteiger partial charge on any atom is 0.129 e. The lowest BCUT2D eigenvalue weighted by Crippen LogP contribution is -2.23. The van der Waals surface area contributed by atoms with Crippen molar-refractivity contribution in [3.8, 4) is 11.5 Å². The van der Waals surface area contributed by atoms with Crippen molar-refractivity contribution >= 4 is 19.8 Å². The van der Waals surface area contributed by atoms with Crippen LogP contribution in [0.1, 0.15) is 37.0 Å². The molecule has 0 fully saturated rings. The highest BCUT2D eigenvalue weighted by atomic mass is 32.2. The Bertz CT molecular complexity index is 553. The molecule has 1 aromatic carbocycles. The van der Waals surface area contributed by atoms with Crippen LogP contribution in [0, 0.1) is 18.4 Å². The molecule has 0 bridgehead atoms. The smallest absolute Gasteiger partial charge is 0.127 e. The first-order valence-corrected chi connectivity index (χ1v) is 11.5. The second kappa shape index (κ2) is 5.03. The van der Waals surface area contributed by atoms with Crippen LogP contribution in [0.4, 0.5) is 0 Å². The summed E-state index contributed by atoms with van der Waals surface area (Å²) in [5.74, 6) is 4.68. The average Bonchev–Trinajstić information content (AvgIpc) is 2.25. The van der Waals surface area contributed by atoms with Gasteiger partial charge < -0.3 is 0 Å². The van der Waals surface area contributed by atoms with Crippen molar-refractivity contribution in [2.75, 3.05) is 5.75 Å². The average molecular weight is 289 g/mol. The van der Waals surface area contributed by atoms with E-state index in [1.54, 1.807) is 0 Å². The fourth-order valence-corrected chi connectivity index (χ4v) is 4.36. The summed E-state index contributed by atoms with van der Waals surface area (Å²) in [7, 11) is -1.30. The van der Waals surface area contributed by atoms with Crippen LogP contribution in [0.5, 0.6) is 0 Å².